The lowest BCUT2D eigenvalue weighted by molar-refractivity contribution is -0.256. The Hall–Kier alpha value is -2.88. The lowest BCUT2D eigenvalue weighted by atomic mass is 10.1. The van der Waals surface area contributed by atoms with E-state index >= 15 is 0 Å². The van der Waals surface area contributed by atoms with E-state index in [-0.39, 0.29) is 11.1 Å². The van der Waals surface area contributed by atoms with Gasteiger partial charge in [-0.25, -0.2) is 0 Å². The van der Waals surface area contributed by atoms with Crippen molar-refractivity contribution in [3.8, 4) is 0 Å². The SMILES string of the molecule is O=C([O-])c1ccc(/C=C/c2cccc(C(=O)[O-])c2)cc1. The second-order valence-electron chi connectivity index (χ2n) is 4.16. The average molecular weight is 266 g/mol. The lowest BCUT2D eigenvalue weighted by Gasteiger charge is -2.03. The van der Waals surface area contributed by atoms with Gasteiger partial charge in [0.1, 0.15) is 0 Å². The standard InChI is InChI=1S/C16H12O4/c17-15(18)13-8-6-11(7-9-13)4-5-12-2-1-3-14(10-12)16(19)20/h1-10H,(H,17,18)(H,19,20)/p-2/b5-4+. The van der Waals surface area contributed by atoms with Crippen molar-refractivity contribution < 1.29 is 19.8 Å². The number of rotatable bonds is 4. The molecule has 0 aliphatic heterocycles. The summed E-state index contributed by atoms with van der Waals surface area (Å²) in [6.07, 6.45) is 3.49. The summed E-state index contributed by atoms with van der Waals surface area (Å²) in [7, 11) is 0. The van der Waals surface area contributed by atoms with Crippen LogP contribution in [0.5, 0.6) is 0 Å². The molecule has 0 N–H and O–H groups in total. The van der Waals surface area contributed by atoms with Crippen LogP contribution in [-0.2, 0) is 0 Å². The fourth-order valence-corrected chi connectivity index (χ4v) is 1.69. The van der Waals surface area contributed by atoms with Crippen LogP contribution in [-0.4, -0.2) is 11.9 Å². The monoisotopic (exact) mass is 266 g/mol. The lowest BCUT2D eigenvalue weighted by Crippen LogP contribution is -2.22. The van der Waals surface area contributed by atoms with E-state index in [1.807, 2.05) is 0 Å². The second-order valence-corrected chi connectivity index (χ2v) is 4.16. The molecule has 0 unspecified atom stereocenters. The topological polar surface area (TPSA) is 80.3 Å². The van der Waals surface area contributed by atoms with Gasteiger partial charge >= 0.3 is 0 Å². The molecule has 0 bridgehead atoms. The van der Waals surface area contributed by atoms with Crippen molar-refractivity contribution >= 4 is 24.1 Å². The summed E-state index contributed by atoms with van der Waals surface area (Å²) in [6, 6.07) is 12.5. The predicted molar refractivity (Wildman–Crippen MR) is 70.5 cm³/mol. The van der Waals surface area contributed by atoms with Gasteiger partial charge in [-0.2, -0.15) is 0 Å². The van der Waals surface area contributed by atoms with Crippen molar-refractivity contribution in [1.82, 2.24) is 0 Å². The van der Waals surface area contributed by atoms with Crippen LogP contribution in [0.2, 0.25) is 0 Å². The smallest absolute Gasteiger partial charge is 0.0715 e. The summed E-state index contributed by atoms with van der Waals surface area (Å²) < 4.78 is 0. The van der Waals surface area contributed by atoms with Crippen LogP contribution in [0.15, 0.2) is 48.5 Å². The Morgan fingerprint density at radius 3 is 1.95 bits per heavy atom. The van der Waals surface area contributed by atoms with E-state index in [1.54, 1.807) is 36.4 Å². The van der Waals surface area contributed by atoms with Gasteiger partial charge in [-0.15, -0.1) is 0 Å². The van der Waals surface area contributed by atoms with E-state index < -0.39 is 11.9 Å². The Morgan fingerprint density at radius 2 is 1.35 bits per heavy atom. The van der Waals surface area contributed by atoms with Crippen molar-refractivity contribution in [3.05, 3.63) is 70.8 Å². The quantitative estimate of drug-likeness (QED) is 0.758. The van der Waals surface area contributed by atoms with Gasteiger partial charge in [0.15, 0.2) is 0 Å². The molecule has 0 heterocycles. The van der Waals surface area contributed by atoms with E-state index in [2.05, 4.69) is 0 Å². The van der Waals surface area contributed by atoms with E-state index in [1.165, 1.54) is 24.3 Å². The maximum absolute atomic E-state index is 10.7. The molecule has 100 valence electrons. The normalized spacial score (nSPS) is 10.6. The van der Waals surface area contributed by atoms with E-state index in [4.69, 9.17) is 0 Å². The number of hydrogen-bond acceptors (Lipinski definition) is 4. The van der Waals surface area contributed by atoms with Gasteiger partial charge in [-0.1, -0.05) is 54.6 Å². The van der Waals surface area contributed by atoms with Crippen LogP contribution in [0.1, 0.15) is 31.8 Å². The van der Waals surface area contributed by atoms with Gasteiger partial charge in [0.2, 0.25) is 0 Å². The van der Waals surface area contributed by atoms with E-state index in [0.717, 1.165) is 11.1 Å². The molecule has 0 spiro atoms. The molecule has 0 fully saturated rings. The third-order valence-corrected chi connectivity index (χ3v) is 2.74. The number of carboxylic acids is 2. The molecule has 0 saturated heterocycles. The van der Waals surface area contributed by atoms with Crippen LogP contribution in [0.3, 0.4) is 0 Å². The maximum Gasteiger partial charge on any atom is 0.0715 e. The number of carbonyl (C=O) groups is 2. The molecule has 0 saturated carbocycles. The Labute approximate surface area is 115 Å². The van der Waals surface area contributed by atoms with Crippen LogP contribution in [0.4, 0.5) is 0 Å². The zero-order chi connectivity index (χ0) is 14.5. The second kappa shape index (κ2) is 5.84. The van der Waals surface area contributed by atoms with Gasteiger partial charge in [0.05, 0.1) is 11.9 Å². The first-order valence-electron chi connectivity index (χ1n) is 5.87. The highest BCUT2D eigenvalue weighted by molar-refractivity contribution is 5.87. The number of aromatic carboxylic acids is 2. The van der Waals surface area contributed by atoms with Crippen molar-refractivity contribution in [2.45, 2.75) is 0 Å². The van der Waals surface area contributed by atoms with Gasteiger partial charge in [-0.05, 0) is 28.3 Å². The predicted octanol–water partition coefficient (Wildman–Crippen LogP) is 0.584. The van der Waals surface area contributed by atoms with E-state index in [9.17, 15) is 19.8 Å². The van der Waals surface area contributed by atoms with Crippen molar-refractivity contribution in [2.75, 3.05) is 0 Å². The first-order valence-corrected chi connectivity index (χ1v) is 5.87. The van der Waals surface area contributed by atoms with Crippen LogP contribution < -0.4 is 10.2 Å². The minimum absolute atomic E-state index is 0.111. The summed E-state index contributed by atoms with van der Waals surface area (Å²) in [4.78, 5) is 21.3. The molecule has 0 aliphatic carbocycles. The number of carboxylic acid groups (broad SMARTS) is 2. The zero-order valence-electron chi connectivity index (χ0n) is 10.4. The number of benzene rings is 2. The summed E-state index contributed by atoms with van der Waals surface area (Å²) in [5, 5.41) is 21.3. The molecule has 20 heavy (non-hydrogen) atoms. The maximum atomic E-state index is 10.7. The molecule has 0 radical (unpaired) electrons. The third-order valence-electron chi connectivity index (χ3n) is 2.74. The third kappa shape index (κ3) is 3.32. The molecule has 2 aromatic rings. The first-order chi connectivity index (χ1) is 9.56. The zero-order valence-corrected chi connectivity index (χ0v) is 10.4. The van der Waals surface area contributed by atoms with Gasteiger partial charge in [0.25, 0.3) is 0 Å². The van der Waals surface area contributed by atoms with Crippen molar-refractivity contribution in [3.63, 3.8) is 0 Å². The van der Waals surface area contributed by atoms with E-state index in [0.29, 0.717) is 0 Å². The molecule has 2 aromatic carbocycles. The van der Waals surface area contributed by atoms with Crippen molar-refractivity contribution in [2.24, 2.45) is 0 Å². The molecule has 0 atom stereocenters. The van der Waals surface area contributed by atoms with Crippen LogP contribution in [0.25, 0.3) is 12.2 Å². The molecular formula is C16H10O4-2. The minimum atomic E-state index is -1.22. The van der Waals surface area contributed by atoms with Gasteiger partial charge in [0, 0.05) is 0 Å². The highest BCUT2D eigenvalue weighted by Crippen LogP contribution is 2.11. The molecule has 0 amide bonds. The Bertz CT molecular complexity index is 669. The van der Waals surface area contributed by atoms with Gasteiger partial charge in [-0.3, -0.25) is 0 Å². The molecule has 0 aromatic heterocycles. The largest absolute Gasteiger partial charge is 0.545 e. The minimum Gasteiger partial charge on any atom is -0.545 e. The van der Waals surface area contributed by atoms with Crippen LogP contribution >= 0.6 is 0 Å². The summed E-state index contributed by atoms with van der Waals surface area (Å²) in [6.45, 7) is 0. The molecule has 0 aliphatic rings. The summed E-state index contributed by atoms with van der Waals surface area (Å²) >= 11 is 0. The Balaban J connectivity index is 2.18. The summed E-state index contributed by atoms with van der Waals surface area (Å²) in [5.41, 5.74) is 1.74. The fourth-order valence-electron chi connectivity index (χ4n) is 1.69. The molecule has 4 nitrogen and oxygen atoms in total. The molecule has 4 heteroatoms. The average Bonchev–Trinajstić information content (AvgIpc) is 2.46. The highest BCUT2D eigenvalue weighted by atomic mass is 16.4. The van der Waals surface area contributed by atoms with Crippen molar-refractivity contribution in [1.29, 1.82) is 0 Å². The van der Waals surface area contributed by atoms with Gasteiger partial charge < -0.3 is 19.8 Å². The number of hydrogen-bond donors (Lipinski definition) is 0. The van der Waals surface area contributed by atoms with Crippen LogP contribution in [0, 0.1) is 0 Å². The highest BCUT2D eigenvalue weighted by Gasteiger charge is 1.95. The first kappa shape index (κ1) is 13.5. The molecular weight excluding hydrogens is 256 g/mol. The fraction of sp³-hybridized carbons (Fsp3) is 0. The molecule has 2 rings (SSSR count). The Morgan fingerprint density at radius 1 is 0.750 bits per heavy atom. The summed E-state index contributed by atoms with van der Waals surface area (Å²) in [5.74, 6) is -2.44. The Kier molecular flexibility index (Phi) is 3.96. The number of carbonyl (C=O) groups excluding carboxylic acids is 2.